The summed E-state index contributed by atoms with van der Waals surface area (Å²) in [4.78, 5) is 0. The Morgan fingerprint density at radius 1 is 1.35 bits per heavy atom. The number of hydrogen-bond acceptors (Lipinski definition) is 3. The van der Waals surface area contributed by atoms with Gasteiger partial charge in [0.05, 0.1) is 7.11 Å². The molecule has 0 bridgehead atoms. The topological polar surface area (TPSA) is 30.5 Å². The van der Waals surface area contributed by atoms with Crippen LogP contribution in [0.3, 0.4) is 0 Å². The maximum absolute atomic E-state index is 6.22. The summed E-state index contributed by atoms with van der Waals surface area (Å²) in [6.45, 7) is 2.60. The van der Waals surface area contributed by atoms with Crippen molar-refractivity contribution in [3.8, 4) is 5.75 Å². The van der Waals surface area contributed by atoms with Gasteiger partial charge in [-0.1, -0.05) is 11.6 Å². The molecule has 1 aliphatic heterocycles. The summed E-state index contributed by atoms with van der Waals surface area (Å²) in [6, 6.07) is 6.65. The third-order valence-corrected chi connectivity index (χ3v) is 4.72. The van der Waals surface area contributed by atoms with Gasteiger partial charge in [-0.15, -0.1) is 0 Å². The first-order valence-corrected chi connectivity index (χ1v) is 7.76. The van der Waals surface area contributed by atoms with Crippen molar-refractivity contribution < 1.29 is 9.47 Å². The summed E-state index contributed by atoms with van der Waals surface area (Å²) >= 11 is 6.22. The first-order chi connectivity index (χ1) is 9.73. The van der Waals surface area contributed by atoms with Gasteiger partial charge in [-0.2, -0.15) is 0 Å². The average Bonchev–Trinajstić information content (AvgIpc) is 3.30. The third-order valence-electron chi connectivity index (χ3n) is 4.49. The SMILES string of the molecule is COc1ccc(Cl)cc1C1(CNC2CC2)CCOCC1. The van der Waals surface area contributed by atoms with Crippen LogP contribution in [0.2, 0.25) is 5.02 Å². The molecule has 1 saturated carbocycles. The predicted molar refractivity (Wildman–Crippen MR) is 80.8 cm³/mol. The summed E-state index contributed by atoms with van der Waals surface area (Å²) < 4.78 is 11.1. The summed E-state index contributed by atoms with van der Waals surface area (Å²) in [5.41, 5.74) is 1.31. The highest BCUT2D eigenvalue weighted by Gasteiger charge is 2.38. The van der Waals surface area contributed by atoms with Crippen LogP contribution in [0.15, 0.2) is 18.2 Å². The number of benzene rings is 1. The normalized spacial score (nSPS) is 21.7. The van der Waals surface area contributed by atoms with E-state index in [0.29, 0.717) is 6.04 Å². The van der Waals surface area contributed by atoms with Gasteiger partial charge in [-0.05, 0) is 43.9 Å². The Hall–Kier alpha value is -0.770. The largest absolute Gasteiger partial charge is 0.496 e. The second kappa shape index (κ2) is 5.92. The molecule has 4 heteroatoms. The Kier molecular flexibility index (Phi) is 4.20. The fourth-order valence-corrected chi connectivity index (χ4v) is 3.20. The number of rotatable bonds is 5. The van der Waals surface area contributed by atoms with Gasteiger partial charge < -0.3 is 14.8 Å². The average molecular weight is 296 g/mol. The van der Waals surface area contributed by atoms with Gasteiger partial charge in [0.25, 0.3) is 0 Å². The van der Waals surface area contributed by atoms with E-state index in [1.807, 2.05) is 12.1 Å². The van der Waals surface area contributed by atoms with Gasteiger partial charge in [0, 0.05) is 41.8 Å². The van der Waals surface area contributed by atoms with Crippen molar-refractivity contribution in [2.75, 3.05) is 26.9 Å². The Balaban J connectivity index is 1.92. The molecule has 2 aliphatic rings. The molecule has 3 nitrogen and oxygen atoms in total. The number of halogens is 1. The summed E-state index contributed by atoms with van der Waals surface area (Å²) in [5.74, 6) is 0.939. The molecule has 0 amide bonds. The highest BCUT2D eigenvalue weighted by atomic mass is 35.5. The molecule has 1 N–H and O–H groups in total. The summed E-state index contributed by atoms with van der Waals surface area (Å²) in [5, 5.41) is 4.46. The molecule has 1 aromatic carbocycles. The lowest BCUT2D eigenvalue weighted by Gasteiger charge is -2.39. The molecule has 3 rings (SSSR count). The smallest absolute Gasteiger partial charge is 0.122 e. The zero-order valence-corrected chi connectivity index (χ0v) is 12.7. The molecule has 0 unspecified atom stereocenters. The van der Waals surface area contributed by atoms with Crippen molar-refractivity contribution in [1.29, 1.82) is 0 Å². The fraction of sp³-hybridized carbons (Fsp3) is 0.625. The van der Waals surface area contributed by atoms with Crippen molar-refractivity contribution >= 4 is 11.6 Å². The maximum Gasteiger partial charge on any atom is 0.122 e. The van der Waals surface area contributed by atoms with Gasteiger partial charge in [0.2, 0.25) is 0 Å². The molecule has 1 saturated heterocycles. The second-order valence-electron chi connectivity index (χ2n) is 5.89. The van der Waals surface area contributed by atoms with Gasteiger partial charge in [-0.3, -0.25) is 0 Å². The van der Waals surface area contributed by atoms with Crippen LogP contribution >= 0.6 is 11.6 Å². The molecule has 1 aliphatic carbocycles. The molecule has 20 heavy (non-hydrogen) atoms. The molecule has 0 atom stereocenters. The van der Waals surface area contributed by atoms with Crippen LogP contribution in [0, 0.1) is 0 Å². The fourth-order valence-electron chi connectivity index (χ4n) is 3.03. The molecule has 2 fully saturated rings. The minimum absolute atomic E-state index is 0.0804. The van der Waals surface area contributed by atoms with E-state index in [1.54, 1.807) is 7.11 Å². The van der Waals surface area contributed by atoms with Crippen LogP contribution in [0.4, 0.5) is 0 Å². The zero-order valence-electron chi connectivity index (χ0n) is 12.0. The first kappa shape index (κ1) is 14.2. The van der Waals surface area contributed by atoms with Crippen molar-refractivity contribution in [1.82, 2.24) is 5.32 Å². The molecular weight excluding hydrogens is 274 g/mol. The predicted octanol–water partition coefficient (Wildman–Crippen LogP) is 3.15. The van der Waals surface area contributed by atoms with E-state index in [2.05, 4.69) is 11.4 Å². The number of ether oxygens (including phenoxy) is 2. The third kappa shape index (κ3) is 2.95. The summed E-state index contributed by atoms with van der Waals surface area (Å²) in [7, 11) is 1.73. The van der Waals surface area contributed by atoms with E-state index in [4.69, 9.17) is 21.1 Å². The van der Waals surface area contributed by atoms with E-state index in [1.165, 1.54) is 18.4 Å². The van der Waals surface area contributed by atoms with Crippen molar-refractivity contribution in [3.63, 3.8) is 0 Å². The molecule has 0 spiro atoms. The van der Waals surface area contributed by atoms with E-state index >= 15 is 0 Å². The van der Waals surface area contributed by atoms with Crippen LogP contribution in [0.5, 0.6) is 5.75 Å². The lowest BCUT2D eigenvalue weighted by molar-refractivity contribution is 0.0489. The van der Waals surface area contributed by atoms with Gasteiger partial charge >= 0.3 is 0 Å². The lowest BCUT2D eigenvalue weighted by Crippen LogP contribution is -2.43. The quantitative estimate of drug-likeness (QED) is 0.905. The van der Waals surface area contributed by atoms with E-state index in [9.17, 15) is 0 Å². The van der Waals surface area contributed by atoms with Crippen LogP contribution < -0.4 is 10.1 Å². The molecule has 1 heterocycles. The van der Waals surface area contributed by atoms with E-state index in [0.717, 1.165) is 43.4 Å². The minimum atomic E-state index is 0.0804. The van der Waals surface area contributed by atoms with Crippen molar-refractivity contribution in [2.45, 2.75) is 37.1 Å². The molecule has 0 radical (unpaired) electrons. The number of methoxy groups -OCH3 is 1. The molecule has 0 aromatic heterocycles. The van der Waals surface area contributed by atoms with Crippen LogP contribution in [0.1, 0.15) is 31.2 Å². The molecule has 110 valence electrons. The van der Waals surface area contributed by atoms with Crippen molar-refractivity contribution in [3.05, 3.63) is 28.8 Å². The monoisotopic (exact) mass is 295 g/mol. The molecule has 1 aromatic rings. The van der Waals surface area contributed by atoms with Gasteiger partial charge in [0.15, 0.2) is 0 Å². The van der Waals surface area contributed by atoms with Crippen molar-refractivity contribution in [2.24, 2.45) is 0 Å². The zero-order chi connectivity index (χ0) is 14.0. The van der Waals surface area contributed by atoms with Crippen LogP contribution in [-0.4, -0.2) is 32.9 Å². The van der Waals surface area contributed by atoms with Crippen LogP contribution in [-0.2, 0) is 10.2 Å². The minimum Gasteiger partial charge on any atom is -0.496 e. The molecular formula is C16H22ClNO2. The van der Waals surface area contributed by atoms with Gasteiger partial charge in [0.1, 0.15) is 5.75 Å². The second-order valence-corrected chi connectivity index (χ2v) is 6.33. The number of nitrogens with one attached hydrogen (secondary N) is 1. The van der Waals surface area contributed by atoms with E-state index in [-0.39, 0.29) is 5.41 Å². The Labute approximate surface area is 125 Å². The Morgan fingerprint density at radius 3 is 2.75 bits per heavy atom. The van der Waals surface area contributed by atoms with Crippen LogP contribution in [0.25, 0.3) is 0 Å². The Bertz CT molecular complexity index is 468. The highest BCUT2D eigenvalue weighted by Crippen LogP contribution is 2.41. The lowest BCUT2D eigenvalue weighted by atomic mass is 9.73. The standard InChI is InChI=1S/C16H22ClNO2/c1-19-15-5-2-12(17)10-14(15)16(6-8-20-9-7-16)11-18-13-3-4-13/h2,5,10,13,18H,3-4,6-9,11H2,1H3. The highest BCUT2D eigenvalue weighted by molar-refractivity contribution is 6.30. The first-order valence-electron chi connectivity index (χ1n) is 7.39. The Morgan fingerprint density at radius 2 is 2.10 bits per heavy atom. The maximum atomic E-state index is 6.22. The summed E-state index contributed by atoms with van der Waals surface area (Å²) in [6.07, 6.45) is 4.64. The van der Waals surface area contributed by atoms with E-state index < -0.39 is 0 Å². The van der Waals surface area contributed by atoms with Gasteiger partial charge in [-0.25, -0.2) is 0 Å². The number of hydrogen-bond donors (Lipinski definition) is 1.